The summed E-state index contributed by atoms with van der Waals surface area (Å²) < 4.78 is 9.87. The highest BCUT2D eigenvalue weighted by molar-refractivity contribution is 6.37. The smallest absolute Gasteiger partial charge is 0.354 e. The normalized spacial score (nSPS) is 13.9. The number of methoxy groups -OCH3 is 1. The van der Waals surface area contributed by atoms with Crippen LogP contribution in [0.1, 0.15) is 23.2 Å². The number of nitrogens with one attached hydrogen (secondary N) is 1. The highest BCUT2D eigenvalue weighted by Gasteiger charge is 2.20. The fourth-order valence-corrected chi connectivity index (χ4v) is 2.02. The van der Waals surface area contributed by atoms with E-state index < -0.39 is 18.4 Å². The molecule has 1 aliphatic heterocycles. The van der Waals surface area contributed by atoms with Crippen molar-refractivity contribution < 1.29 is 23.9 Å². The number of hydrazone groups is 1. The number of nitrogens with zero attached hydrogens (tertiary/aromatic N) is 1. The van der Waals surface area contributed by atoms with Crippen molar-refractivity contribution in [1.29, 1.82) is 0 Å². The minimum Gasteiger partial charge on any atom is -0.495 e. The molecule has 116 valence electrons. The Hall–Kier alpha value is -2.41. The molecule has 0 unspecified atom stereocenters. The van der Waals surface area contributed by atoms with Crippen molar-refractivity contribution in [3.05, 3.63) is 28.8 Å². The SMILES string of the molecule is COc1ccc(C(=O)COC(=O)C2=NNC(=O)CC2)cc1Cl. The number of rotatable bonds is 5. The molecule has 0 aromatic heterocycles. The average molecular weight is 325 g/mol. The monoisotopic (exact) mass is 324 g/mol. The summed E-state index contributed by atoms with van der Waals surface area (Å²) in [4.78, 5) is 34.6. The van der Waals surface area contributed by atoms with Gasteiger partial charge in [0.15, 0.2) is 12.4 Å². The molecule has 1 aliphatic rings. The van der Waals surface area contributed by atoms with Crippen LogP contribution in [0.15, 0.2) is 23.3 Å². The van der Waals surface area contributed by atoms with E-state index in [-0.39, 0.29) is 24.5 Å². The molecule has 0 aliphatic carbocycles. The van der Waals surface area contributed by atoms with Crippen LogP contribution in [0.5, 0.6) is 5.75 Å². The first-order valence-corrected chi connectivity index (χ1v) is 6.78. The van der Waals surface area contributed by atoms with Gasteiger partial charge < -0.3 is 9.47 Å². The summed E-state index contributed by atoms with van der Waals surface area (Å²) in [5.41, 5.74) is 2.57. The van der Waals surface area contributed by atoms with Crippen molar-refractivity contribution in [2.24, 2.45) is 5.10 Å². The quantitative estimate of drug-likeness (QED) is 0.651. The van der Waals surface area contributed by atoms with Gasteiger partial charge in [-0.1, -0.05) is 11.6 Å². The number of carbonyl (C=O) groups is 3. The van der Waals surface area contributed by atoms with E-state index in [2.05, 4.69) is 10.5 Å². The van der Waals surface area contributed by atoms with Gasteiger partial charge in [0.2, 0.25) is 5.91 Å². The van der Waals surface area contributed by atoms with E-state index in [0.29, 0.717) is 16.3 Å². The summed E-state index contributed by atoms with van der Waals surface area (Å²) in [5, 5.41) is 3.88. The lowest BCUT2D eigenvalue weighted by Gasteiger charge is -2.11. The molecule has 0 spiro atoms. The molecular formula is C14H13ClN2O5. The predicted molar refractivity (Wildman–Crippen MR) is 78.1 cm³/mol. The minimum atomic E-state index is -0.729. The second-order valence-corrected chi connectivity index (χ2v) is 4.85. The van der Waals surface area contributed by atoms with Crippen LogP contribution >= 0.6 is 11.6 Å². The molecule has 22 heavy (non-hydrogen) atoms. The van der Waals surface area contributed by atoms with E-state index in [1.807, 2.05) is 0 Å². The van der Waals surface area contributed by atoms with Crippen LogP contribution in [0.4, 0.5) is 0 Å². The molecule has 0 saturated carbocycles. The number of hydrogen-bond acceptors (Lipinski definition) is 6. The third-order valence-electron chi connectivity index (χ3n) is 2.95. The van der Waals surface area contributed by atoms with E-state index in [0.717, 1.165) is 0 Å². The lowest BCUT2D eigenvalue weighted by atomic mass is 10.1. The van der Waals surface area contributed by atoms with Crippen molar-refractivity contribution >= 4 is 35.0 Å². The van der Waals surface area contributed by atoms with E-state index >= 15 is 0 Å². The van der Waals surface area contributed by atoms with Gasteiger partial charge in [-0.3, -0.25) is 9.59 Å². The molecule has 0 fully saturated rings. The summed E-state index contributed by atoms with van der Waals surface area (Å²) >= 11 is 5.93. The molecular weight excluding hydrogens is 312 g/mol. The zero-order chi connectivity index (χ0) is 16.1. The topological polar surface area (TPSA) is 94.1 Å². The lowest BCUT2D eigenvalue weighted by Crippen LogP contribution is -2.31. The summed E-state index contributed by atoms with van der Waals surface area (Å²) in [6, 6.07) is 4.52. The molecule has 0 saturated heterocycles. The first-order chi connectivity index (χ1) is 10.5. The second-order valence-electron chi connectivity index (χ2n) is 4.44. The van der Waals surface area contributed by atoms with E-state index in [4.69, 9.17) is 21.1 Å². The van der Waals surface area contributed by atoms with Crippen LogP contribution < -0.4 is 10.2 Å². The first-order valence-electron chi connectivity index (χ1n) is 6.40. The van der Waals surface area contributed by atoms with Gasteiger partial charge in [0.1, 0.15) is 11.5 Å². The van der Waals surface area contributed by atoms with Crippen LogP contribution in [0, 0.1) is 0 Å². The Morgan fingerprint density at radius 3 is 2.73 bits per heavy atom. The molecule has 1 amide bonds. The standard InChI is InChI=1S/C14H13ClN2O5/c1-21-12-4-2-8(6-9(12)15)11(18)7-22-14(20)10-3-5-13(19)17-16-10/h2,4,6H,3,5,7H2,1H3,(H,17,19). The third kappa shape index (κ3) is 3.82. The Morgan fingerprint density at radius 1 is 1.36 bits per heavy atom. The van der Waals surface area contributed by atoms with Gasteiger partial charge in [0, 0.05) is 18.4 Å². The molecule has 0 radical (unpaired) electrons. The molecule has 7 nitrogen and oxygen atoms in total. The Bertz CT molecular complexity index is 657. The van der Waals surface area contributed by atoms with Crippen LogP contribution in [0.25, 0.3) is 0 Å². The zero-order valence-corrected chi connectivity index (χ0v) is 12.5. The number of hydrogen-bond donors (Lipinski definition) is 1. The zero-order valence-electron chi connectivity index (χ0n) is 11.7. The number of ketones is 1. The fraction of sp³-hybridized carbons (Fsp3) is 0.286. The number of carbonyl (C=O) groups excluding carboxylic acids is 3. The van der Waals surface area contributed by atoms with E-state index in [1.165, 1.54) is 19.2 Å². The van der Waals surface area contributed by atoms with Gasteiger partial charge in [0.25, 0.3) is 0 Å². The van der Waals surface area contributed by atoms with Crippen molar-refractivity contribution in [1.82, 2.24) is 5.43 Å². The Balaban J connectivity index is 1.94. The summed E-state index contributed by atoms with van der Waals surface area (Å²) in [5.74, 6) is -0.950. The van der Waals surface area contributed by atoms with E-state index in [1.54, 1.807) is 6.07 Å². The highest BCUT2D eigenvalue weighted by Crippen LogP contribution is 2.25. The van der Waals surface area contributed by atoms with E-state index in [9.17, 15) is 14.4 Å². The molecule has 2 rings (SSSR count). The summed E-state index contributed by atoms with van der Waals surface area (Å²) in [7, 11) is 1.47. The number of Topliss-reactive ketones (excluding diaryl/α,β-unsaturated/α-hetero) is 1. The molecule has 0 atom stereocenters. The fourth-order valence-electron chi connectivity index (χ4n) is 1.76. The van der Waals surface area contributed by atoms with Gasteiger partial charge in [-0.15, -0.1) is 0 Å². The molecule has 1 aromatic carbocycles. The highest BCUT2D eigenvalue weighted by atomic mass is 35.5. The van der Waals surface area contributed by atoms with Crippen molar-refractivity contribution in [2.75, 3.05) is 13.7 Å². The lowest BCUT2D eigenvalue weighted by molar-refractivity contribution is -0.134. The third-order valence-corrected chi connectivity index (χ3v) is 3.24. The second kappa shape index (κ2) is 7.04. The predicted octanol–water partition coefficient (Wildman–Crippen LogP) is 1.34. The van der Waals surface area contributed by atoms with Gasteiger partial charge in [-0.05, 0) is 18.2 Å². The number of benzene rings is 1. The van der Waals surface area contributed by atoms with Crippen LogP contribution in [-0.2, 0) is 14.3 Å². The Morgan fingerprint density at radius 2 is 2.14 bits per heavy atom. The average Bonchev–Trinajstić information content (AvgIpc) is 2.52. The van der Waals surface area contributed by atoms with Gasteiger partial charge in [0.05, 0.1) is 12.1 Å². The van der Waals surface area contributed by atoms with Crippen molar-refractivity contribution in [2.45, 2.75) is 12.8 Å². The molecule has 1 N–H and O–H groups in total. The van der Waals surface area contributed by atoms with Crippen LogP contribution in [0.2, 0.25) is 5.02 Å². The maximum atomic E-state index is 11.9. The Kier molecular flexibility index (Phi) is 5.11. The molecule has 8 heteroatoms. The largest absolute Gasteiger partial charge is 0.495 e. The van der Waals surface area contributed by atoms with Gasteiger partial charge in [-0.2, -0.15) is 5.10 Å². The number of ether oxygens (including phenoxy) is 2. The number of amides is 1. The van der Waals surface area contributed by atoms with Crippen LogP contribution in [-0.4, -0.2) is 37.1 Å². The Labute approximate surface area is 131 Å². The van der Waals surface area contributed by atoms with Crippen molar-refractivity contribution in [3.8, 4) is 5.75 Å². The molecule has 1 heterocycles. The first kappa shape index (κ1) is 16.0. The minimum absolute atomic E-state index is 0.0835. The summed E-state index contributed by atoms with van der Waals surface area (Å²) in [6.07, 6.45) is 0.350. The molecule has 1 aromatic rings. The van der Waals surface area contributed by atoms with Crippen LogP contribution in [0.3, 0.4) is 0 Å². The maximum Gasteiger partial charge on any atom is 0.354 e. The van der Waals surface area contributed by atoms with Gasteiger partial charge in [-0.25, -0.2) is 10.2 Å². The van der Waals surface area contributed by atoms with Gasteiger partial charge >= 0.3 is 5.97 Å². The number of halogens is 1. The molecule has 0 bridgehead atoms. The number of esters is 1. The summed E-state index contributed by atoms with van der Waals surface area (Å²) in [6.45, 7) is -0.436. The maximum absolute atomic E-state index is 11.9. The van der Waals surface area contributed by atoms with Crippen molar-refractivity contribution in [3.63, 3.8) is 0 Å².